The van der Waals surface area contributed by atoms with Crippen molar-refractivity contribution in [2.75, 3.05) is 6.54 Å². The van der Waals surface area contributed by atoms with E-state index in [4.69, 9.17) is 0 Å². The van der Waals surface area contributed by atoms with Crippen LogP contribution in [0.2, 0.25) is 0 Å². The van der Waals surface area contributed by atoms with Gasteiger partial charge in [0.25, 0.3) is 0 Å². The van der Waals surface area contributed by atoms with Gasteiger partial charge in [-0.1, -0.05) is 12.1 Å². The predicted molar refractivity (Wildman–Crippen MR) is 66.8 cm³/mol. The number of aliphatic carboxylic acids is 1. The highest BCUT2D eigenvalue weighted by atomic mass is 19.1. The third-order valence-corrected chi connectivity index (χ3v) is 3.86. The maximum atomic E-state index is 13.5. The van der Waals surface area contributed by atoms with Gasteiger partial charge in [0.15, 0.2) is 0 Å². The Balaban J connectivity index is 2.18. The number of rotatable bonds is 3. The molecule has 1 fully saturated rings. The van der Waals surface area contributed by atoms with Gasteiger partial charge in [0.1, 0.15) is 11.4 Å². The zero-order chi connectivity index (χ0) is 13.3. The van der Waals surface area contributed by atoms with Crippen LogP contribution in [-0.2, 0) is 11.3 Å². The van der Waals surface area contributed by atoms with Crippen molar-refractivity contribution >= 4 is 5.97 Å². The fourth-order valence-electron chi connectivity index (χ4n) is 2.47. The third-order valence-electron chi connectivity index (χ3n) is 3.86. The van der Waals surface area contributed by atoms with Gasteiger partial charge in [-0.15, -0.1) is 0 Å². The summed E-state index contributed by atoms with van der Waals surface area (Å²) < 4.78 is 13.5. The van der Waals surface area contributed by atoms with Crippen LogP contribution in [0.15, 0.2) is 18.2 Å². The number of carbonyl (C=O) groups is 1. The molecule has 0 aromatic heterocycles. The van der Waals surface area contributed by atoms with Crippen molar-refractivity contribution in [3.8, 4) is 0 Å². The van der Waals surface area contributed by atoms with Gasteiger partial charge in [0.2, 0.25) is 0 Å². The van der Waals surface area contributed by atoms with E-state index in [1.807, 2.05) is 11.0 Å². The van der Waals surface area contributed by atoms with Crippen LogP contribution in [0.5, 0.6) is 0 Å². The Morgan fingerprint density at radius 3 is 2.89 bits per heavy atom. The molecule has 0 spiro atoms. The minimum absolute atomic E-state index is 0.233. The first kappa shape index (κ1) is 13.0. The second-order valence-corrected chi connectivity index (χ2v) is 5.19. The molecule has 1 heterocycles. The predicted octanol–water partition coefficient (Wildman–Crippen LogP) is 2.57. The van der Waals surface area contributed by atoms with Crippen LogP contribution in [-0.4, -0.2) is 28.1 Å². The highest BCUT2D eigenvalue weighted by Gasteiger charge is 2.43. The van der Waals surface area contributed by atoms with Gasteiger partial charge in [0, 0.05) is 6.54 Å². The minimum Gasteiger partial charge on any atom is -0.480 e. The topological polar surface area (TPSA) is 40.5 Å². The van der Waals surface area contributed by atoms with Gasteiger partial charge in [0.05, 0.1) is 0 Å². The van der Waals surface area contributed by atoms with E-state index < -0.39 is 11.5 Å². The van der Waals surface area contributed by atoms with Gasteiger partial charge in [-0.25, -0.2) is 4.39 Å². The summed E-state index contributed by atoms with van der Waals surface area (Å²) in [5, 5.41) is 9.30. The summed E-state index contributed by atoms with van der Waals surface area (Å²) in [6.07, 6.45) is 1.52. The van der Waals surface area contributed by atoms with Crippen molar-refractivity contribution in [3.05, 3.63) is 35.1 Å². The van der Waals surface area contributed by atoms with E-state index in [0.717, 1.165) is 18.5 Å². The standard InChI is InChI=1S/C14H18FNO2/c1-10-4-5-11(8-12(10)15)9-16-7-3-6-14(16,2)13(17)18/h4-5,8H,3,6-7,9H2,1-2H3,(H,17,18). The van der Waals surface area contributed by atoms with Gasteiger partial charge in [-0.05, 0) is 50.4 Å². The van der Waals surface area contributed by atoms with Crippen molar-refractivity contribution in [2.24, 2.45) is 0 Å². The molecule has 3 nitrogen and oxygen atoms in total. The number of nitrogens with zero attached hydrogens (tertiary/aromatic N) is 1. The van der Waals surface area contributed by atoms with Gasteiger partial charge in [-0.2, -0.15) is 0 Å². The van der Waals surface area contributed by atoms with Crippen LogP contribution in [0, 0.1) is 12.7 Å². The molecule has 98 valence electrons. The molecule has 1 aliphatic heterocycles. The Morgan fingerprint density at radius 2 is 2.28 bits per heavy atom. The number of hydrogen-bond donors (Lipinski definition) is 1. The summed E-state index contributed by atoms with van der Waals surface area (Å²) in [5.41, 5.74) is 0.620. The minimum atomic E-state index is -0.818. The smallest absolute Gasteiger partial charge is 0.323 e. The van der Waals surface area contributed by atoms with E-state index in [1.54, 1.807) is 19.9 Å². The first-order valence-electron chi connectivity index (χ1n) is 6.17. The molecule has 1 saturated heterocycles. The average molecular weight is 251 g/mol. The van der Waals surface area contributed by atoms with E-state index >= 15 is 0 Å². The van der Waals surface area contributed by atoms with Crippen molar-refractivity contribution in [1.29, 1.82) is 0 Å². The highest BCUT2D eigenvalue weighted by molar-refractivity contribution is 5.78. The molecule has 0 aliphatic carbocycles. The summed E-state index contributed by atoms with van der Waals surface area (Å²) >= 11 is 0. The Labute approximate surface area is 106 Å². The first-order chi connectivity index (χ1) is 8.43. The second-order valence-electron chi connectivity index (χ2n) is 5.19. The molecule has 0 amide bonds. The lowest BCUT2D eigenvalue weighted by atomic mass is 9.98. The number of carboxylic acid groups (broad SMARTS) is 1. The quantitative estimate of drug-likeness (QED) is 0.897. The molecule has 4 heteroatoms. The van der Waals surface area contributed by atoms with E-state index in [0.29, 0.717) is 18.5 Å². The summed E-state index contributed by atoms with van der Waals surface area (Å²) in [7, 11) is 0. The molecular weight excluding hydrogens is 233 g/mol. The molecule has 1 N–H and O–H groups in total. The number of hydrogen-bond acceptors (Lipinski definition) is 2. The number of likely N-dealkylation sites (tertiary alicyclic amines) is 1. The lowest BCUT2D eigenvalue weighted by Gasteiger charge is -2.31. The van der Waals surface area contributed by atoms with Gasteiger partial charge < -0.3 is 5.11 Å². The van der Waals surface area contributed by atoms with Crippen molar-refractivity contribution in [3.63, 3.8) is 0 Å². The summed E-state index contributed by atoms with van der Waals surface area (Å²) in [6.45, 7) is 4.70. The zero-order valence-electron chi connectivity index (χ0n) is 10.7. The Kier molecular flexibility index (Phi) is 3.39. The average Bonchev–Trinajstić information content (AvgIpc) is 2.67. The van der Waals surface area contributed by atoms with E-state index in [2.05, 4.69) is 0 Å². The molecule has 1 aromatic rings. The molecule has 18 heavy (non-hydrogen) atoms. The molecule has 0 saturated carbocycles. The van der Waals surface area contributed by atoms with E-state index in [1.165, 1.54) is 6.07 Å². The van der Waals surface area contributed by atoms with Crippen LogP contribution in [0.1, 0.15) is 30.9 Å². The Bertz CT molecular complexity index is 475. The number of halogens is 1. The van der Waals surface area contributed by atoms with Gasteiger partial charge >= 0.3 is 5.97 Å². The zero-order valence-corrected chi connectivity index (χ0v) is 10.7. The van der Waals surface area contributed by atoms with Crippen LogP contribution in [0.25, 0.3) is 0 Å². The third kappa shape index (κ3) is 2.25. The fraction of sp³-hybridized carbons (Fsp3) is 0.500. The Hall–Kier alpha value is -1.42. The molecule has 1 aliphatic rings. The summed E-state index contributed by atoms with van der Waals surface area (Å²) in [4.78, 5) is 13.2. The van der Waals surface area contributed by atoms with E-state index in [9.17, 15) is 14.3 Å². The normalized spacial score (nSPS) is 24.4. The van der Waals surface area contributed by atoms with Crippen LogP contribution < -0.4 is 0 Å². The molecular formula is C14H18FNO2. The number of benzene rings is 1. The largest absolute Gasteiger partial charge is 0.480 e. The number of aryl methyl sites for hydroxylation is 1. The van der Waals surface area contributed by atoms with Crippen molar-refractivity contribution in [1.82, 2.24) is 4.90 Å². The highest BCUT2D eigenvalue weighted by Crippen LogP contribution is 2.30. The molecule has 0 bridgehead atoms. The SMILES string of the molecule is Cc1ccc(CN2CCCC2(C)C(=O)O)cc1F. The maximum Gasteiger partial charge on any atom is 0.323 e. The second kappa shape index (κ2) is 4.69. The lowest BCUT2D eigenvalue weighted by molar-refractivity contribution is -0.148. The molecule has 1 aromatic carbocycles. The van der Waals surface area contributed by atoms with Gasteiger partial charge in [-0.3, -0.25) is 9.69 Å². The van der Waals surface area contributed by atoms with Crippen molar-refractivity contribution in [2.45, 2.75) is 38.8 Å². The molecule has 0 radical (unpaired) electrons. The lowest BCUT2D eigenvalue weighted by Crippen LogP contribution is -2.47. The molecule has 1 atom stereocenters. The molecule has 2 rings (SSSR count). The Morgan fingerprint density at radius 1 is 1.56 bits per heavy atom. The monoisotopic (exact) mass is 251 g/mol. The van der Waals surface area contributed by atoms with E-state index in [-0.39, 0.29) is 5.82 Å². The summed E-state index contributed by atoms with van der Waals surface area (Å²) in [6, 6.07) is 5.09. The first-order valence-corrected chi connectivity index (χ1v) is 6.17. The van der Waals surface area contributed by atoms with Crippen LogP contribution in [0.3, 0.4) is 0 Å². The van der Waals surface area contributed by atoms with Crippen LogP contribution in [0.4, 0.5) is 4.39 Å². The molecule has 1 unspecified atom stereocenters. The fourth-order valence-corrected chi connectivity index (χ4v) is 2.47. The number of carboxylic acids is 1. The van der Waals surface area contributed by atoms with Crippen LogP contribution >= 0.6 is 0 Å². The maximum absolute atomic E-state index is 13.5. The summed E-state index contributed by atoms with van der Waals surface area (Å²) in [5.74, 6) is -1.03. The van der Waals surface area contributed by atoms with Crippen molar-refractivity contribution < 1.29 is 14.3 Å².